The highest BCUT2D eigenvalue weighted by Crippen LogP contribution is 2.21. The molecular formula is C8H13NO4S3. The molecule has 0 spiro atoms. The van der Waals surface area contributed by atoms with Gasteiger partial charge in [0.2, 0.25) is 5.88 Å². The lowest BCUT2D eigenvalue weighted by Gasteiger charge is -2.07. The van der Waals surface area contributed by atoms with E-state index in [1.54, 1.807) is 0 Å². The van der Waals surface area contributed by atoms with E-state index in [2.05, 4.69) is 9.18 Å². The van der Waals surface area contributed by atoms with Crippen LogP contribution in [0.1, 0.15) is 20.3 Å². The molecule has 0 fully saturated rings. The summed E-state index contributed by atoms with van der Waals surface area (Å²) in [7, 11) is -3.87. The molecule has 1 rings (SSSR count). The standard InChI is InChI=1S/C8H13NO4S3/c1-4-6(2)8-9-7(5-15(8)14-10)13-16(3,11)12/h5-6H,4H2,1-3H3. The molecule has 0 aromatic rings. The molecule has 1 heterocycles. The van der Waals surface area contributed by atoms with E-state index < -0.39 is 19.6 Å². The number of aliphatic imine (C=N–C) groups is 1. The summed E-state index contributed by atoms with van der Waals surface area (Å²) in [5.74, 6) is 0.172. The average Bonchev–Trinajstić information content (AvgIpc) is 2.57. The van der Waals surface area contributed by atoms with Crippen molar-refractivity contribution < 1.29 is 16.8 Å². The summed E-state index contributed by atoms with van der Waals surface area (Å²) in [4.78, 5) is 4.06. The largest absolute Gasteiger partial charge is 0.361 e. The van der Waals surface area contributed by atoms with Crippen molar-refractivity contribution in [2.45, 2.75) is 20.3 Å². The summed E-state index contributed by atoms with van der Waals surface area (Å²) in [6.07, 6.45) is 1.80. The number of nitrogens with zero attached hydrogens (tertiary/aromatic N) is 1. The first kappa shape index (κ1) is 13.6. The van der Waals surface area contributed by atoms with Crippen LogP contribution in [0.15, 0.2) is 16.3 Å². The Bertz CT molecular complexity index is 499. The van der Waals surface area contributed by atoms with Crippen molar-refractivity contribution >= 4 is 34.8 Å². The summed E-state index contributed by atoms with van der Waals surface area (Å²) in [5, 5.41) is 2.18. The fourth-order valence-corrected chi connectivity index (χ4v) is 3.95. The molecule has 0 bridgehead atoms. The third-order valence-corrected chi connectivity index (χ3v) is 5.16. The third-order valence-electron chi connectivity index (χ3n) is 1.98. The van der Waals surface area contributed by atoms with Gasteiger partial charge in [-0.2, -0.15) is 8.42 Å². The molecule has 1 aliphatic rings. The van der Waals surface area contributed by atoms with Crippen LogP contribution in [-0.2, 0) is 34.0 Å². The highest BCUT2D eigenvalue weighted by atomic mass is 32.8. The van der Waals surface area contributed by atoms with Crippen molar-refractivity contribution in [3.63, 3.8) is 0 Å². The monoisotopic (exact) mass is 283 g/mol. The second-order valence-electron chi connectivity index (χ2n) is 3.37. The van der Waals surface area contributed by atoms with E-state index in [9.17, 15) is 12.6 Å². The second-order valence-corrected chi connectivity index (χ2v) is 7.81. The zero-order chi connectivity index (χ0) is 12.3. The van der Waals surface area contributed by atoms with Gasteiger partial charge in [-0.25, -0.2) is 9.20 Å². The number of hydrogen-bond donors (Lipinski definition) is 0. The van der Waals surface area contributed by atoms with Crippen LogP contribution >= 0.6 is 0 Å². The molecule has 0 radical (unpaired) electrons. The van der Waals surface area contributed by atoms with Crippen LogP contribution in [0, 0.1) is 5.92 Å². The van der Waals surface area contributed by atoms with E-state index in [4.69, 9.17) is 0 Å². The lowest BCUT2D eigenvalue weighted by molar-refractivity contribution is 0.410. The SMILES string of the molecule is CCC(C)C1=NC(OS(C)(=O)=O)=CS1=S=O. The molecule has 2 atom stereocenters. The average molecular weight is 283 g/mol. The minimum atomic E-state index is -3.58. The van der Waals surface area contributed by atoms with Crippen molar-refractivity contribution in [3.8, 4) is 0 Å². The van der Waals surface area contributed by atoms with Gasteiger partial charge in [0.15, 0.2) is 0 Å². The molecule has 8 heteroatoms. The predicted molar refractivity (Wildman–Crippen MR) is 66.4 cm³/mol. The van der Waals surface area contributed by atoms with Gasteiger partial charge in [0, 0.05) is 11.3 Å². The van der Waals surface area contributed by atoms with E-state index in [1.807, 2.05) is 13.8 Å². The summed E-state index contributed by atoms with van der Waals surface area (Å²) >= 11 is 0. The maximum Gasteiger partial charge on any atom is 0.307 e. The molecule has 1 aliphatic heterocycles. The Balaban J connectivity index is 3.01. The van der Waals surface area contributed by atoms with Crippen molar-refractivity contribution in [1.82, 2.24) is 0 Å². The summed E-state index contributed by atoms with van der Waals surface area (Å²) in [6, 6.07) is 0. The molecule has 0 aromatic heterocycles. The summed E-state index contributed by atoms with van der Waals surface area (Å²) < 4.78 is 37.4. The maximum absolute atomic E-state index is 10.9. The van der Waals surface area contributed by atoms with Crippen LogP contribution in [0.2, 0.25) is 0 Å². The molecule has 16 heavy (non-hydrogen) atoms. The summed E-state index contributed by atoms with van der Waals surface area (Å²) in [5.41, 5.74) is 0. The first-order valence-corrected chi connectivity index (χ1v) is 8.97. The van der Waals surface area contributed by atoms with Crippen LogP contribution < -0.4 is 0 Å². The quantitative estimate of drug-likeness (QED) is 0.721. The normalized spacial score (nSPS) is 22.3. The predicted octanol–water partition coefficient (Wildman–Crippen LogP) is 0.966. The van der Waals surface area contributed by atoms with Crippen molar-refractivity contribution in [3.05, 3.63) is 11.3 Å². The number of hydrogen-bond acceptors (Lipinski definition) is 5. The van der Waals surface area contributed by atoms with Gasteiger partial charge in [0.25, 0.3) is 0 Å². The van der Waals surface area contributed by atoms with Crippen LogP contribution in [0.3, 0.4) is 0 Å². The Hall–Kier alpha value is -0.470. The topological polar surface area (TPSA) is 72.8 Å². The van der Waals surface area contributed by atoms with Gasteiger partial charge in [-0.15, -0.1) is 0 Å². The Morgan fingerprint density at radius 2 is 2.25 bits per heavy atom. The molecule has 0 amide bonds. The maximum atomic E-state index is 10.9. The Morgan fingerprint density at radius 1 is 1.62 bits per heavy atom. The molecule has 0 aromatic carbocycles. The second kappa shape index (κ2) is 5.24. The fourth-order valence-electron chi connectivity index (χ4n) is 1.06. The smallest absolute Gasteiger partial charge is 0.307 e. The van der Waals surface area contributed by atoms with Crippen LogP contribution in [0.5, 0.6) is 0 Å². The number of rotatable bonds is 4. The van der Waals surface area contributed by atoms with Gasteiger partial charge in [-0.1, -0.05) is 13.8 Å². The minimum absolute atomic E-state index is 0.0180. The van der Waals surface area contributed by atoms with Crippen molar-refractivity contribution in [1.29, 1.82) is 0 Å². The molecule has 2 unspecified atom stereocenters. The molecule has 0 saturated carbocycles. The van der Waals surface area contributed by atoms with Gasteiger partial charge in [0.05, 0.1) is 11.3 Å². The van der Waals surface area contributed by atoms with Crippen molar-refractivity contribution in [2.75, 3.05) is 6.26 Å². The lowest BCUT2D eigenvalue weighted by Crippen LogP contribution is -2.11. The first-order chi connectivity index (χ1) is 7.37. The third kappa shape index (κ3) is 3.53. The Morgan fingerprint density at radius 3 is 2.69 bits per heavy atom. The molecular weight excluding hydrogens is 270 g/mol. The molecule has 5 nitrogen and oxygen atoms in total. The van der Waals surface area contributed by atoms with E-state index in [0.717, 1.165) is 12.7 Å². The summed E-state index contributed by atoms with van der Waals surface area (Å²) in [6.45, 7) is 3.94. The van der Waals surface area contributed by atoms with Gasteiger partial charge in [-0.3, -0.25) is 0 Å². The van der Waals surface area contributed by atoms with E-state index in [1.165, 1.54) is 5.41 Å². The zero-order valence-corrected chi connectivity index (χ0v) is 11.6. The fraction of sp³-hybridized carbons (Fsp3) is 0.625. The van der Waals surface area contributed by atoms with Gasteiger partial charge < -0.3 is 4.18 Å². The molecule has 0 aliphatic carbocycles. The highest BCUT2D eigenvalue weighted by molar-refractivity contribution is 8.41. The Kier molecular flexibility index (Phi) is 4.45. The minimum Gasteiger partial charge on any atom is -0.361 e. The lowest BCUT2D eigenvalue weighted by atomic mass is 10.1. The van der Waals surface area contributed by atoms with E-state index >= 15 is 0 Å². The molecule has 0 saturated heterocycles. The van der Waals surface area contributed by atoms with Gasteiger partial charge >= 0.3 is 10.1 Å². The van der Waals surface area contributed by atoms with E-state index in [0.29, 0.717) is 15.3 Å². The van der Waals surface area contributed by atoms with E-state index in [-0.39, 0.29) is 11.8 Å². The van der Waals surface area contributed by atoms with Crippen molar-refractivity contribution in [2.24, 2.45) is 10.9 Å². The van der Waals surface area contributed by atoms with Crippen LogP contribution in [0.25, 0.3) is 0 Å². The molecule has 0 N–H and O–H groups in total. The van der Waals surface area contributed by atoms with Gasteiger partial charge in [0.1, 0.15) is 10.2 Å². The van der Waals surface area contributed by atoms with Crippen LogP contribution in [-0.4, -0.2) is 23.9 Å². The van der Waals surface area contributed by atoms with Crippen LogP contribution in [0.4, 0.5) is 0 Å². The molecule has 92 valence electrons. The Labute approximate surface area is 100 Å². The van der Waals surface area contributed by atoms with Gasteiger partial charge in [-0.05, 0) is 15.9 Å². The zero-order valence-electron chi connectivity index (χ0n) is 9.17. The highest BCUT2D eigenvalue weighted by Gasteiger charge is 2.22. The first-order valence-electron chi connectivity index (χ1n) is 4.60.